The van der Waals surface area contributed by atoms with Crippen molar-refractivity contribution in [2.75, 3.05) is 20.7 Å². The van der Waals surface area contributed by atoms with Gasteiger partial charge >= 0.3 is 6.09 Å². The Bertz CT molecular complexity index is 970. The molecule has 1 rings (SSSR count). The van der Waals surface area contributed by atoms with Gasteiger partial charge in [-0.2, -0.15) is 0 Å². The molecule has 0 radical (unpaired) electrons. The predicted octanol–water partition coefficient (Wildman–Crippen LogP) is 1.78. The average Bonchev–Trinajstić information content (AvgIpc) is 2.70. The molecule has 0 aliphatic carbocycles. The van der Waals surface area contributed by atoms with E-state index < -0.39 is 40.3 Å². The number of hydrogen-bond acceptors (Lipinski definition) is 7. The molecule has 0 aliphatic rings. The van der Waals surface area contributed by atoms with Crippen molar-refractivity contribution in [1.82, 2.24) is 14.9 Å². The maximum Gasteiger partial charge on any atom is 0.408 e. The van der Waals surface area contributed by atoms with Gasteiger partial charge in [-0.05, 0) is 44.7 Å². The van der Waals surface area contributed by atoms with Crippen LogP contribution in [0.15, 0.2) is 34.3 Å². The van der Waals surface area contributed by atoms with Crippen LogP contribution in [-0.4, -0.2) is 62.9 Å². The maximum absolute atomic E-state index is 12.5. The summed E-state index contributed by atoms with van der Waals surface area (Å²) in [6.07, 6.45) is -0.151. The van der Waals surface area contributed by atoms with Crippen LogP contribution in [0, 0.1) is 5.92 Å². The number of amidine groups is 1. The van der Waals surface area contributed by atoms with Gasteiger partial charge < -0.3 is 25.9 Å². The second-order valence-corrected chi connectivity index (χ2v) is 11.4. The lowest BCUT2D eigenvalue weighted by molar-refractivity contribution is -0.125. The van der Waals surface area contributed by atoms with Crippen molar-refractivity contribution in [2.45, 2.75) is 64.1 Å². The van der Waals surface area contributed by atoms with Gasteiger partial charge in [0, 0.05) is 20.6 Å². The number of nitrogens with one attached hydrogen (secondary N) is 2. The molecule has 1 atom stereocenters. The van der Waals surface area contributed by atoms with Gasteiger partial charge in [0.2, 0.25) is 10.0 Å². The normalized spacial score (nSPS) is 13.5. The van der Waals surface area contributed by atoms with Gasteiger partial charge in [-0.3, -0.25) is 4.79 Å². The van der Waals surface area contributed by atoms with Gasteiger partial charge in [-0.15, -0.1) is 0 Å². The third-order valence-electron chi connectivity index (χ3n) is 4.33. The highest BCUT2D eigenvalue weighted by molar-refractivity contribution is 7.89. The zero-order valence-electron chi connectivity index (χ0n) is 20.9. The van der Waals surface area contributed by atoms with E-state index in [1.807, 2.05) is 13.8 Å². The number of hydrogen-bond donors (Lipinski definition) is 3. The van der Waals surface area contributed by atoms with Crippen LogP contribution in [0.4, 0.5) is 4.79 Å². The molecule has 12 heteroatoms. The average molecular weight is 500 g/mol. The Morgan fingerprint density at radius 1 is 1.18 bits per heavy atom. The summed E-state index contributed by atoms with van der Waals surface area (Å²) in [4.78, 5) is 29.4. The van der Waals surface area contributed by atoms with Crippen molar-refractivity contribution in [3.63, 3.8) is 0 Å². The fourth-order valence-corrected chi connectivity index (χ4v) is 3.86. The van der Waals surface area contributed by atoms with Crippen LogP contribution in [0.1, 0.15) is 46.6 Å². The molecule has 0 bridgehead atoms. The Morgan fingerprint density at radius 2 is 1.79 bits per heavy atom. The van der Waals surface area contributed by atoms with E-state index in [0.717, 1.165) is 4.31 Å². The summed E-state index contributed by atoms with van der Waals surface area (Å²) in [6.45, 7) is 8.71. The van der Waals surface area contributed by atoms with Crippen LogP contribution in [0.2, 0.25) is 0 Å². The number of nitrogens with zero attached hydrogens (tertiary/aromatic N) is 2. The first-order valence-corrected chi connectivity index (χ1v) is 12.3. The molecule has 34 heavy (non-hydrogen) atoms. The minimum absolute atomic E-state index is 0.00483. The second kappa shape index (κ2) is 12.6. The summed E-state index contributed by atoms with van der Waals surface area (Å²) in [7, 11) is -0.786. The Balaban J connectivity index is 2.72. The third kappa shape index (κ3) is 9.96. The molecular weight excluding hydrogens is 462 g/mol. The molecule has 192 valence electrons. The van der Waals surface area contributed by atoms with Crippen molar-refractivity contribution < 1.29 is 27.6 Å². The van der Waals surface area contributed by atoms with Gasteiger partial charge in [-0.25, -0.2) is 17.5 Å². The fourth-order valence-electron chi connectivity index (χ4n) is 2.75. The summed E-state index contributed by atoms with van der Waals surface area (Å²) in [5.41, 5.74) is 5.74. The molecule has 0 aliphatic heterocycles. The van der Waals surface area contributed by atoms with E-state index in [1.165, 1.54) is 20.2 Å². The standard InChI is InChI=1S/C22H37N5O6S/c1-15(2)12-17(25-21(29)33-22(3,4)5)20(23)26-32-14-19(28)24-13-16-10-8-9-11-18(16)34(30,31)27(6)7/h8-11,15,17H,12-14H2,1-7H3,(H2,23,26)(H,24,28)(H,25,29). The number of carbonyl (C=O) groups excluding carboxylic acids is 2. The van der Waals surface area contributed by atoms with Crippen LogP contribution in [0.5, 0.6) is 0 Å². The van der Waals surface area contributed by atoms with E-state index in [1.54, 1.807) is 39.0 Å². The van der Waals surface area contributed by atoms with Gasteiger partial charge in [0.25, 0.3) is 5.91 Å². The molecule has 0 heterocycles. The smallest absolute Gasteiger partial charge is 0.408 e. The Labute approximate surface area is 202 Å². The third-order valence-corrected chi connectivity index (χ3v) is 6.24. The fraction of sp³-hybridized carbons (Fsp3) is 0.591. The molecule has 0 spiro atoms. The summed E-state index contributed by atoms with van der Waals surface area (Å²) in [6, 6.07) is 5.75. The molecule has 11 nitrogen and oxygen atoms in total. The number of amides is 2. The second-order valence-electron chi connectivity index (χ2n) is 9.29. The lowest BCUT2D eigenvalue weighted by atomic mass is 10.0. The molecular formula is C22H37N5O6S. The largest absolute Gasteiger partial charge is 0.444 e. The first kappa shape index (κ1) is 29.2. The number of carbonyl (C=O) groups is 2. The van der Waals surface area contributed by atoms with Crippen LogP contribution < -0.4 is 16.4 Å². The number of rotatable bonds is 11. The number of ether oxygens (including phenoxy) is 1. The number of sulfonamides is 1. The number of benzene rings is 1. The zero-order valence-corrected chi connectivity index (χ0v) is 21.7. The molecule has 2 amide bonds. The molecule has 4 N–H and O–H groups in total. The van der Waals surface area contributed by atoms with Crippen molar-refractivity contribution in [3.05, 3.63) is 29.8 Å². The Kier molecular flexibility index (Phi) is 10.8. The number of nitrogens with two attached hydrogens (primary N) is 1. The van der Waals surface area contributed by atoms with Crippen LogP contribution in [-0.2, 0) is 30.9 Å². The lowest BCUT2D eigenvalue weighted by Gasteiger charge is -2.24. The van der Waals surface area contributed by atoms with E-state index in [4.69, 9.17) is 15.3 Å². The SMILES string of the molecule is CC(C)CC(NC(=O)OC(C)(C)C)/C(N)=N/OCC(=O)NCc1ccccc1S(=O)(=O)N(C)C. The monoisotopic (exact) mass is 499 g/mol. The molecule has 1 unspecified atom stereocenters. The Morgan fingerprint density at radius 3 is 2.35 bits per heavy atom. The van der Waals surface area contributed by atoms with Crippen molar-refractivity contribution in [1.29, 1.82) is 0 Å². The first-order valence-electron chi connectivity index (χ1n) is 10.9. The first-order chi connectivity index (χ1) is 15.6. The molecule has 1 aromatic rings. The highest BCUT2D eigenvalue weighted by Gasteiger charge is 2.23. The quantitative estimate of drug-likeness (QED) is 0.238. The minimum Gasteiger partial charge on any atom is -0.444 e. The highest BCUT2D eigenvalue weighted by Crippen LogP contribution is 2.18. The molecule has 1 aromatic carbocycles. The highest BCUT2D eigenvalue weighted by atomic mass is 32.2. The van der Waals surface area contributed by atoms with E-state index >= 15 is 0 Å². The maximum atomic E-state index is 12.5. The lowest BCUT2D eigenvalue weighted by Crippen LogP contribution is -2.47. The van der Waals surface area contributed by atoms with Crippen LogP contribution in [0.25, 0.3) is 0 Å². The number of oxime groups is 1. The number of alkyl carbamates (subject to hydrolysis) is 1. The topological polar surface area (TPSA) is 152 Å². The zero-order chi connectivity index (χ0) is 26.1. The summed E-state index contributed by atoms with van der Waals surface area (Å²) in [5, 5.41) is 9.02. The van der Waals surface area contributed by atoms with Crippen LogP contribution in [0.3, 0.4) is 0 Å². The molecule has 0 fully saturated rings. The summed E-state index contributed by atoms with van der Waals surface area (Å²) in [5.74, 6) is -0.334. The van der Waals surface area contributed by atoms with Crippen molar-refractivity contribution >= 4 is 27.9 Å². The van der Waals surface area contributed by atoms with Gasteiger partial charge in [0.15, 0.2) is 12.4 Å². The molecule has 0 saturated carbocycles. The van der Waals surface area contributed by atoms with Crippen molar-refractivity contribution in [3.8, 4) is 0 Å². The Hall–Kier alpha value is -2.86. The molecule has 0 aromatic heterocycles. The van der Waals surface area contributed by atoms with Gasteiger partial charge in [0.1, 0.15) is 5.60 Å². The van der Waals surface area contributed by atoms with Gasteiger partial charge in [-0.1, -0.05) is 37.2 Å². The summed E-state index contributed by atoms with van der Waals surface area (Å²) < 4.78 is 31.3. The van der Waals surface area contributed by atoms with E-state index in [0.29, 0.717) is 12.0 Å². The predicted molar refractivity (Wildman–Crippen MR) is 129 cm³/mol. The van der Waals surface area contributed by atoms with Crippen LogP contribution >= 0.6 is 0 Å². The molecule has 0 saturated heterocycles. The van der Waals surface area contributed by atoms with E-state index in [9.17, 15) is 18.0 Å². The minimum atomic E-state index is -3.66. The van der Waals surface area contributed by atoms with E-state index in [2.05, 4.69) is 15.8 Å². The van der Waals surface area contributed by atoms with Crippen molar-refractivity contribution in [2.24, 2.45) is 16.8 Å². The summed E-state index contributed by atoms with van der Waals surface area (Å²) >= 11 is 0. The van der Waals surface area contributed by atoms with Gasteiger partial charge in [0.05, 0.1) is 10.9 Å². The van der Waals surface area contributed by atoms with E-state index in [-0.39, 0.29) is 23.2 Å².